The van der Waals surface area contributed by atoms with Crippen LogP contribution in [0.4, 0.5) is 0 Å². The summed E-state index contributed by atoms with van der Waals surface area (Å²) in [6, 6.07) is 17.6. The molecule has 1 amide bonds. The van der Waals surface area contributed by atoms with Gasteiger partial charge in [-0.05, 0) is 36.2 Å². The summed E-state index contributed by atoms with van der Waals surface area (Å²) in [4.78, 5) is 12.2. The lowest BCUT2D eigenvalue weighted by atomic mass is 9.93. The third kappa shape index (κ3) is 4.36. The molecule has 23 heavy (non-hydrogen) atoms. The Hall–Kier alpha value is -2.75. The Morgan fingerprint density at radius 3 is 2.43 bits per heavy atom. The van der Waals surface area contributed by atoms with E-state index in [4.69, 9.17) is 8.83 Å². The SMILES string of the molecule is O=C(C[C@@H](Cc1ccccc1)c1ccco1)NCc1ccco1. The molecule has 0 aliphatic carbocycles. The van der Waals surface area contributed by atoms with Crippen molar-refractivity contribution in [2.75, 3.05) is 0 Å². The van der Waals surface area contributed by atoms with Crippen molar-refractivity contribution in [1.82, 2.24) is 5.32 Å². The maximum atomic E-state index is 12.2. The van der Waals surface area contributed by atoms with Gasteiger partial charge in [-0.2, -0.15) is 0 Å². The molecule has 0 fully saturated rings. The van der Waals surface area contributed by atoms with Crippen LogP contribution in [0.15, 0.2) is 76.0 Å². The first-order chi connectivity index (χ1) is 11.3. The van der Waals surface area contributed by atoms with Crippen LogP contribution in [-0.2, 0) is 17.8 Å². The third-order valence-corrected chi connectivity index (χ3v) is 3.74. The van der Waals surface area contributed by atoms with E-state index in [1.54, 1.807) is 12.5 Å². The Bertz CT molecular complexity index is 702. The lowest BCUT2D eigenvalue weighted by Gasteiger charge is -2.14. The zero-order chi connectivity index (χ0) is 15.9. The molecule has 0 unspecified atom stereocenters. The van der Waals surface area contributed by atoms with Crippen molar-refractivity contribution in [3.05, 3.63) is 84.2 Å². The van der Waals surface area contributed by atoms with Crippen LogP contribution in [0.2, 0.25) is 0 Å². The summed E-state index contributed by atoms with van der Waals surface area (Å²) >= 11 is 0. The van der Waals surface area contributed by atoms with E-state index in [-0.39, 0.29) is 11.8 Å². The van der Waals surface area contributed by atoms with E-state index in [1.165, 1.54) is 5.56 Å². The number of benzene rings is 1. The summed E-state index contributed by atoms with van der Waals surface area (Å²) in [5, 5.41) is 2.89. The van der Waals surface area contributed by atoms with E-state index in [9.17, 15) is 4.79 Å². The Labute approximate surface area is 135 Å². The van der Waals surface area contributed by atoms with Gasteiger partial charge in [0, 0.05) is 12.3 Å². The fraction of sp³-hybridized carbons (Fsp3) is 0.211. The van der Waals surface area contributed by atoms with Gasteiger partial charge in [0.2, 0.25) is 5.91 Å². The van der Waals surface area contributed by atoms with Crippen molar-refractivity contribution < 1.29 is 13.6 Å². The van der Waals surface area contributed by atoms with Gasteiger partial charge in [-0.1, -0.05) is 30.3 Å². The quantitative estimate of drug-likeness (QED) is 0.720. The van der Waals surface area contributed by atoms with Crippen LogP contribution in [0.3, 0.4) is 0 Å². The molecule has 1 N–H and O–H groups in total. The highest BCUT2D eigenvalue weighted by Gasteiger charge is 2.19. The molecule has 2 heterocycles. The second-order valence-corrected chi connectivity index (χ2v) is 5.46. The van der Waals surface area contributed by atoms with Crippen molar-refractivity contribution in [3.63, 3.8) is 0 Å². The molecule has 118 valence electrons. The van der Waals surface area contributed by atoms with Crippen LogP contribution < -0.4 is 5.32 Å². The lowest BCUT2D eigenvalue weighted by molar-refractivity contribution is -0.121. The molecule has 0 bridgehead atoms. The van der Waals surface area contributed by atoms with E-state index in [0.717, 1.165) is 17.9 Å². The summed E-state index contributed by atoms with van der Waals surface area (Å²) in [5.74, 6) is 1.58. The molecule has 1 aromatic carbocycles. The Morgan fingerprint density at radius 2 is 1.74 bits per heavy atom. The van der Waals surface area contributed by atoms with Crippen LogP contribution in [-0.4, -0.2) is 5.91 Å². The standard InChI is InChI=1S/C19H19NO3/c21-19(20-14-17-8-4-10-22-17)13-16(18-9-5-11-23-18)12-15-6-2-1-3-7-15/h1-11,16H,12-14H2,(H,20,21)/t16-/m1/s1. The number of hydrogen-bond donors (Lipinski definition) is 1. The van der Waals surface area contributed by atoms with Gasteiger partial charge >= 0.3 is 0 Å². The van der Waals surface area contributed by atoms with E-state index in [1.807, 2.05) is 42.5 Å². The van der Waals surface area contributed by atoms with Gasteiger partial charge in [0.15, 0.2) is 0 Å². The molecule has 0 aliphatic heterocycles. The minimum Gasteiger partial charge on any atom is -0.469 e. The smallest absolute Gasteiger partial charge is 0.221 e. The predicted octanol–water partition coefficient (Wildman–Crippen LogP) is 3.91. The lowest BCUT2D eigenvalue weighted by Crippen LogP contribution is -2.25. The summed E-state index contributed by atoms with van der Waals surface area (Å²) in [6.45, 7) is 0.405. The molecule has 0 radical (unpaired) electrons. The minimum absolute atomic E-state index is 0.0151. The second kappa shape index (κ2) is 7.49. The van der Waals surface area contributed by atoms with Gasteiger partial charge in [0.25, 0.3) is 0 Å². The fourth-order valence-electron chi connectivity index (χ4n) is 2.59. The summed E-state index contributed by atoms with van der Waals surface area (Å²) in [5.41, 5.74) is 1.19. The molecule has 0 aliphatic rings. The monoisotopic (exact) mass is 309 g/mol. The van der Waals surface area contributed by atoms with Crippen LogP contribution in [0, 0.1) is 0 Å². The summed E-state index contributed by atoms with van der Waals surface area (Å²) in [6.07, 6.45) is 4.39. The van der Waals surface area contributed by atoms with Gasteiger partial charge in [-0.15, -0.1) is 0 Å². The van der Waals surface area contributed by atoms with Gasteiger partial charge in [0.05, 0.1) is 19.1 Å². The van der Waals surface area contributed by atoms with E-state index < -0.39 is 0 Å². The number of furan rings is 2. The first-order valence-corrected chi connectivity index (χ1v) is 7.67. The molecule has 1 atom stereocenters. The van der Waals surface area contributed by atoms with E-state index >= 15 is 0 Å². The Balaban J connectivity index is 1.62. The molecule has 0 spiro atoms. The van der Waals surface area contributed by atoms with Crippen LogP contribution in [0.25, 0.3) is 0 Å². The fourth-order valence-corrected chi connectivity index (χ4v) is 2.59. The molecule has 3 rings (SSSR count). The Morgan fingerprint density at radius 1 is 0.957 bits per heavy atom. The third-order valence-electron chi connectivity index (χ3n) is 3.74. The summed E-state index contributed by atoms with van der Waals surface area (Å²) < 4.78 is 10.7. The maximum Gasteiger partial charge on any atom is 0.221 e. The predicted molar refractivity (Wildman–Crippen MR) is 86.8 cm³/mol. The number of rotatable bonds is 7. The Kier molecular flexibility index (Phi) is 4.94. The summed E-state index contributed by atoms with van der Waals surface area (Å²) in [7, 11) is 0. The molecular formula is C19H19NO3. The number of carbonyl (C=O) groups is 1. The normalized spacial score (nSPS) is 12.0. The van der Waals surface area contributed by atoms with Crippen LogP contribution in [0.1, 0.15) is 29.4 Å². The van der Waals surface area contributed by atoms with Gasteiger partial charge in [-0.25, -0.2) is 0 Å². The van der Waals surface area contributed by atoms with Crippen molar-refractivity contribution in [1.29, 1.82) is 0 Å². The second-order valence-electron chi connectivity index (χ2n) is 5.46. The van der Waals surface area contributed by atoms with Crippen molar-refractivity contribution in [2.45, 2.75) is 25.3 Å². The molecule has 2 aromatic heterocycles. The highest BCUT2D eigenvalue weighted by molar-refractivity contribution is 5.76. The minimum atomic E-state index is -0.0151. The van der Waals surface area contributed by atoms with E-state index in [2.05, 4.69) is 17.4 Å². The number of hydrogen-bond acceptors (Lipinski definition) is 3. The van der Waals surface area contributed by atoms with Crippen LogP contribution in [0.5, 0.6) is 0 Å². The van der Waals surface area contributed by atoms with Gasteiger partial charge in [0.1, 0.15) is 11.5 Å². The van der Waals surface area contributed by atoms with Crippen LogP contribution >= 0.6 is 0 Å². The topological polar surface area (TPSA) is 55.4 Å². The molecule has 0 saturated carbocycles. The highest BCUT2D eigenvalue weighted by Crippen LogP contribution is 2.25. The van der Waals surface area contributed by atoms with Gasteiger partial charge < -0.3 is 14.2 Å². The highest BCUT2D eigenvalue weighted by atomic mass is 16.3. The average molecular weight is 309 g/mol. The zero-order valence-electron chi connectivity index (χ0n) is 12.8. The maximum absolute atomic E-state index is 12.2. The number of nitrogens with one attached hydrogen (secondary N) is 1. The average Bonchev–Trinajstić information content (AvgIpc) is 3.27. The molecule has 4 heteroatoms. The zero-order valence-corrected chi connectivity index (χ0v) is 12.8. The van der Waals surface area contributed by atoms with Gasteiger partial charge in [-0.3, -0.25) is 4.79 Å². The molecule has 4 nitrogen and oxygen atoms in total. The van der Waals surface area contributed by atoms with Crippen molar-refractivity contribution in [2.24, 2.45) is 0 Å². The van der Waals surface area contributed by atoms with Crippen molar-refractivity contribution >= 4 is 5.91 Å². The first-order valence-electron chi connectivity index (χ1n) is 7.67. The van der Waals surface area contributed by atoms with E-state index in [0.29, 0.717) is 13.0 Å². The molecule has 0 saturated heterocycles. The number of amides is 1. The van der Waals surface area contributed by atoms with Crippen molar-refractivity contribution in [3.8, 4) is 0 Å². The largest absolute Gasteiger partial charge is 0.469 e. The number of carbonyl (C=O) groups excluding carboxylic acids is 1. The molecular weight excluding hydrogens is 290 g/mol. The molecule has 3 aromatic rings. The first kappa shape index (κ1) is 15.2.